The number of rotatable bonds is 46. The van der Waals surface area contributed by atoms with Crippen LogP contribution >= 0.6 is 7.92 Å². The van der Waals surface area contributed by atoms with E-state index in [2.05, 4.69) is 65.8 Å². The second kappa shape index (κ2) is 45.1. The van der Waals surface area contributed by atoms with Crippen molar-refractivity contribution >= 4 is 19.9 Å². The topological polar surface area (TPSA) is 55.8 Å². The first-order valence-corrected chi connectivity index (χ1v) is 28.0. The van der Waals surface area contributed by atoms with Crippen LogP contribution in [0.15, 0.2) is 12.2 Å². The third-order valence-electron chi connectivity index (χ3n) is 12.5. The van der Waals surface area contributed by atoms with Gasteiger partial charge in [0.2, 0.25) is 0 Å². The van der Waals surface area contributed by atoms with E-state index in [1.165, 1.54) is 192 Å². The molecule has 0 aromatic rings. The van der Waals surface area contributed by atoms with E-state index in [0.29, 0.717) is 32.0 Å². The number of hydrogen-bond donors (Lipinski definition) is 0. The van der Waals surface area contributed by atoms with Crippen LogP contribution < -0.4 is 0 Å². The lowest BCUT2D eigenvalue weighted by molar-refractivity contribution is -0.145. The Hall–Kier alpha value is -0.930. The van der Waals surface area contributed by atoms with Crippen molar-refractivity contribution in [1.29, 1.82) is 0 Å². The standard InChI is InChI=1S/C53H104NO4P/c1-8-12-34-50(35-13-9-2)38-28-30-44-57-52(55)39-26-22-18-16-20-24-31-45-59(47-33-29-43-54(6)7)46-32-25-21-17-19-23-27-40-53(56)58-48-49(5)41-42-51(36-14-10-3)37-15-11-4/h28,30,49-51H,8-27,29,31-48H2,1-7H3/b30-28-. The predicted molar refractivity (Wildman–Crippen MR) is 262 cm³/mol. The Balaban J connectivity index is 4.04. The highest BCUT2D eigenvalue weighted by molar-refractivity contribution is 7.57. The van der Waals surface area contributed by atoms with Crippen molar-refractivity contribution in [2.24, 2.45) is 17.8 Å². The van der Waals surface area contributed by atoms with E-state index in [1.54, 1.807) is 0 Å². The van der Waals surface area contributed by atoms with E-state index in [1.807, 2.05) is 0 Å². The van der Waals surface area contributed by atoms with Crippen LogP contribution in [-0.4, -0.2) is 69.2 Å². The summed E-state index contributed by atoms with van der Waals surface area (Å²) >= 11 is 0. The Morgan fingerprint density at radius 3 is 1.39 bits per heavy atom. The third-order valence-corrected chi connectivity index (χ3v) is 15.3. The van der Waals surface area contributed by atoms with Crippen LogP contribution in [0.1, 0.15) is 247 Å². The average Bonchev–Trinajstić information content (AvgIpc) is 3.22. The highest BCUT2D eigenvalue weighted by atomic mass is 31.1. The normalized spacial score (nSPS) is 13.0. The van der Waals surface area contributed by atoms with E-state index in [4.69, 9.17) is 9.47 Å². The van der Waals surface area contributed by atoms with Crippen molar-refractivity contribution in [1.82, 2.24) is 4.90 Å². The molecule has 0 saturated heterocycles. The van der Waals surface area contributed by atoms with E-state index in [9.17, 15) is 9.59 Å². The number of allylic oxidation sites excluding steroid dienone is 1. The largest absolute Gasteiger partial charge is 0.465 e. The number of ether oxygens (including phenoxy) is 2. The van der Waals surface area contributed by atoms with Crippen LogP contribution in [0.5, 0.6) is 0 Å². The molecule has 2 atom stereocenters. The molecule has 0 bridgehead atoms. The Labute approximate surface area is 371 Å². The molecule has 0 saturated carbocycles. The molecule has 0 radical (unpaired) electrons. The van der Waals surface area contributed by atoms with Crippen molar-refractivity contribution in [3.05, 3.63) is 12.2 Å². The van der Waals surface area contributed by atoms with Crippen molar-refractivity contribution in [3.8, 4) is 0 Å². The number of carbonyl (C=O) groups excluding carboxylic acids is 2. The number of esters is 2. The smallest absolute Gasteiger partial charge is 0.306 e. The minimum atomic E-state index is -0.0320. The fourth-order valence-corrected chi connectivity index (χ4v) is 11.0. The van der Waals surface area contributed by atoms with Crippen LogP contribution in [0.25, 0.3) is 0 Å². The van der Waals surface area contributed by atoms with E-state index < -0.39 is 0 Å². The van der Waals surface area contributed by atoms with Gasteiger partial charge in [-0.1, -0.05) is 194 Å². The molecule has 350 valence electrons. The van der Waals surface area contributed by atoms with Gasteiger partial charge in [0.05, 0.1) is 6.61 Å². The summed E-state index contributed by atoms with van der Waals surface area (Å²) in [6.07, 6.45) is 49.6. The Kier molecular flexibility index (Phi) is 44.4. The summed E-state index contributed by atoms with van der Waals surface area (Å²) < 4.78 is 11.2. The van der Waals surface area contributed by atoms with Crippen LogP contribution in [0, 0.1) is 17.8 Å². The molecule has 0 spiro atoms. The maximum absolute atomic E-state index is 12.4. The zero-order valence-corrected chi connectivity index (χ0v) is 41.9. The molecule has 6 heteroatoms. The average molecular weight is 850 g/mol. The molecule has 2 unspecified atom stereocenters. The van der Waals surface area contributed by atoms with Crippen LogP contribution in [0.4, 0.5) is 0 Å². The zero-order valence-electron chi connectivity index (χ0n) is 41.0. The maximum Gasteiger partial charge on any atom is 0.306 e. The first-order valence-electron chi connectivity index (χ1n) is 26.1. The van der Waals surface area contributed by atoms with Gasteiger partial charge in [-0.15, -0.1) is 7.92 Å². The number of nitrogens with zero attached hydrogens (tertiary/aromatic N) is 1. The van der Waals surface area contributed by atoms with Gasteiger partial charge in [0.1, 0.15) is 6.61 Å². The van der Waals surface area contributed by atoms with Gasteiger partial charge >= 0.3 is 11.9 Å². The lowest BCUT2D eigenvalue weighted by atomic mass is 9.89. The Bertz CT molecular complexity index is 909. The molecular formula is C53H104NO4P. The second-order valence-electron chi connectivity index (χ2n) is 18.9. The summed E-state index contributed by atoms with van der Waals surface area (Å²) in [4.78, 5) is 26.9. The maximum atomic E-state index is 12.4. The van der Waals surface area contributed by atoms with Crippen molar-refractivity contribution in [2.75, 3.05) is 52.3 Å². The number of hydrogen-bond acceptors (Lipinski definition) is 5. The van der Waals surface area contributed by atoms with E-state index >= 15 is 0 Å². The van der Waals surface area contributed by atoms with E-state index in [-0.39, 0.29) is 19.9 Å². The van der Waals surface area contributed by atoms with Gasteiger partial charge in [-0.25, -0.2) is 0 Å². The molecule has 0 N–H and O–H groups in total. The Morgan fingerprint density at radius 1 is 0.492 bits per heavy atom. The molecule has 0 aromatic heterocycles. The van der Waals surface area contributed by atoms with Gasteiger partial charge < -0.3 is 14.4 Å². The molecule has 5 nitrogen and oxygen atoms in total. The number of carbonyl (C=O) groups is 2. The SMILES string of the molecule is CCCCC(C/C=C\COC(=O)CCCCCCCCCP(CCCCCCCCCC(=O)OCC(C)CCC(CCCC)CCCC)CCCCN(C)C)CCCC. The monoisotopic (exact) mass is 850 g/mol. The highest BCUT2D eigenvalue weighted by Gasteiger charge is 2.13. The summed E-state index contributed by atoms with van der Waals surface area (Å²) in [6.45, 7) is 13.6. The molecule has 0 aromatic carbocycles. The second-order valence-corrected chi connectivity index (χ2v) is 21.5. The van der Waals surface area contributed by atoms with Gasteiger partial charge in [-0.05, 0) is 108 Å². The molecule has 0 fully saturated rings. The van der Waals surface area contributed by atoms with Gasteiger partial charge in [0.15, 0.2) is 0 Å². The minimum Gasteiger partial charge on any atom is -0.465 e. The molecule has 0 aliphatic rings. The summed E-state index contributed by atoms with van der Waals surface area (Å²) in [5.74, 6) is 2.10. The van der Waals surface area contributed by atoms with Crippen LogP contribution in [0.3, 0.4) is 0 Å². The lowest BCUT2D eigenvalue weighted by Crippen LogP contribution is -2.13. The summed E-state index contributed by atoms with van der Waals surface area (Å²) in [6, 6.07) is 0. The summed E-state index contributed by atoms with van der Waals surface area (Å²) in [5, 5.41) is 0. The van der Waals surface area contributed by atoms with Gasteiger partial charge in [0, 0.05) is 12.8 Å². The highest BCUT2D eigenvalue weighted by Crippen LogP contribution is 2.39. The van der Waals surface area contributed by atoms with Crippen LogP contribution in [-0.2, 0) is 19.1 Å². The molecule has 0 rings (SSSR count). The third kappa shape index (κ3) is 42.2. The first kappa shape index (κ1) is 58.1. The van der Waals surface area contributed by atoms with E-state index in [0.717, 1.165) is 43.9 Å². The molecule has 0 aliphatic heterocycles. The lowest BCUT2D eigenvalue weighted by Gasteiger charge is -2.19. The first-order chi connectivity index (χ1) is 28.7. The van der Waals surface area contributed by atoms with Gasteiger partial charge in [0.25, 0.3) is 0 Å². The quantitative estimate of drug-likeness (QED) is 0.0264. The fraction of sp³-hybridized carbons (Fsp3) is 0.925. The number of unbranched alkanes of at least 4 members (excludes halogenated alkanes) is 17. The van der Waals surface area contributed by atoms with Crippen molar-refractivity contribution < 1.29 is 19.1 Å². The van der Waals surface area contributed by atoms with Crippen molar-refractivity contribution in [2.45, 2.75) is 247 Å². The van der Waals surface area contributed by atoms with Crippen molar-refractivity contribution in [3.63, 3.8) is 0 Å². The minimum absolute atomic E-state index is 0.0149. The molecule has 0 amide bonds. The fourth-order valence-electron chi connectivity index (χ4n) is 8.34. The molecule has 0 aliphatic carbocycles. The van der Waals surface area contributed by atoms with Gasteiger partial charge in [-0.3, -0.25) is 9.59 Å². The van der Waals surface area contributed by atoms with Crippen LogP contribution in [0.2, 0.25) is 0 Å². The molecular weight excluding hydrogens is 746 g/mol. The predicted octanol–water partition coefficient (Wildman–Crippen LogP) is 16.5. The summed E-state index contributed by atoms with van der Waals surface area (Å²) in [7, 11) is 4.56. The Morgan fingerprint density at radius 2 is 0.915 bits per heavy atom. The van der Waals surface area contributed by atoms with Gasteiger partial charge in [-0.2, -0.15) is 0 Å². The molecule has 0 heterocycles. The summed E-state index contributed by atoms with van der Waals surface area (Å²) in [5.41, 5.74) is 0. The molecule has 59 heavy (non-hydrogen) atoms. The zero-order chi connectivity index (χ0) is 43.4.